The largest absolute Gasteiger partial charge is 0.481 e. The lowest BCUT2D eigenvalue weighted by Crippen LogP contribution is -2.06. The predicted molar refractivity (Wildman–Crippen MR) is 60.6 cm³/mol. The maximum Gasteiger partial charge on any atom is 0.318 e. The smallest absolute Gasteiger partial charge is 0.318 e. The van der Waals surface area contributed by atoms with Crippen LogP contribution in [0.4, 0.5) is 14.5 Å². The standard InChI is InChI=1S/C10H9F2NO4S/c1-5(2-9(14)15)18-8-4-6(11)3-7(12)10(8)13(16)17/h3-5H,2H2,1H3,(H,14,15). The van der Waals surface area contributed by atoms with Crippen LogP contribution in [-0.2, 0) is 4.79 Å². The van der Waals surface area contributed by atoms with Crippen molar-refractivity contribution in [3.05, 3.63) is 33.9 Å². The van der Waals surface area contributed by atoms with Gasteiger partial charge in [-0.25, -0.2) is 4.39 Å². The average Bonchev–Trinajstić information content (AvgIpc) is 2.12. The van der Waals surface area contributed by atoms with Crippen molar-refractivity contribution in [3.8, 4) is 0 Å². The minimum atomic E-state index is -1.27. The third-order valence-corrected chi connectivity index (χ3v) is 3.10. The molecule has 1 rings (SSSR count). The zero-order valence-corrected chi connectivity index (χ0v) is 10.0. The van der Waals surface area contributed by atoms with Gasteiger partial charge < -0.3 is 5.11 Å². The monoisotopic (exact) mass is 277 g/mol. The zero-order chi connectivity index (χ0) is 13.9. The summed E-state index contributed by atoms with van der Waals surface area (Å²) >= 11 is 0.753. The summed E-state index contributed by atoms with van der Waals surface area (Å²) in [6, 6.07) is 1.24. The average molecular weight is 277 g/mol. The second-order valence-electron chi connectivity index (χ2n) is 3.52. The summed E-state index contributed by atoms with van der Waals surface area (Å²) in [7, 11) is 0. The molecule has 0 aromatic heterocycles. The van der Waals surface area contributed by atoms with Gasteiger partial charge in [0.1, 0.15) is 5.82 Å². The summed E-state index contributed by atoms with van der Waals surface area (Å²) in [5.74, 6) is -3.30. The molecule has 0 saturated carbocycles. The Hall–Kier alpha value is -1.70. The highest BCUT2D eigenvalue weighted by atomic mass is 32.2. The summed E-state index contributed by atoms with van der Waals surface area (Å²) < 4.78 is 26.3. The molecule has 1 unspecified atom stereocenters. The van der Waals surface area contributed by atoms with Gasteiger partial charge in [-0.05, 0) is 6.07 Å². The van der Waals surface area contributed by atoms with E-state index in [1.54, 1.807) is 0 Å². The van der Waals surface area contributed by atoms with Crippen molar-refractivity contribution >= 4 is 23.4 Å². The number of halogens is 2. The molecule has 98 valence electrons. The first kappa shape index (κ1) is 14.4. The van der Waals surface area contributed by atoms with Gasteiger partial charge in [0.05, 0.1) is 16.2 Å². The molecule has 1 atom stereocenters. The Kier molecular flexibility index (Phi) is 4.60. The number of hydrogen-bond acceptors (Lipinski definition) is 4. The number of thioether (sulfide) groups is 1. The number of aliphatic carboxylic acids is 1. The fraction of sp³-hybridized carbons (Fsp3) is 0.300. The van der Waals surface area contributed by atoms with Crippen LogP contribution in [-0.4, -0.2) is 21.2 Å². The number of nitro benzene ring substituents is 1. The number of nitrogens with zero attached hydrogens (tertiary/aromatic N) is 1. The number of carbonyl (C=O) groups is 1. The van der Waals surface area contributed by atoms with Crippen LogP contribution < -0.4 is 0 Å². The minimum Gasteiger partial charge on any atom is -0.481 e. The van der Waals surface area contributed by atoms with Gasteiger partial charge in [0.25, 0.3) is 0 Å². The molecule has 1 N–H and O–H groups in total. The van der Waals surface area contributed by atoms with Crippen molar-refractivity contribution in [1.29, 1.82) is 0 Å². The van der Waals surface area contributed by atoms with Gasteiger partial charge in [-0.2, -0.15) is 4.39 Å². The van der Waals surface area contributed by atoms with Gasteiger partial charge in [0.2, 0.25) is 5.82 Å². The lowest BCUT2D eigenvalue weighted by atomic mass is 10.3. The molecule has 0 fully saturated rings. The van der Waals surface area contributed by atoms with Crippen molar-refractivity contribution in [2.45, 2.75) is 23.5 Å². The lowest BCUT2D eigenvalue weighted by Gasteiger charge is -2.09. The molecule has 0 spiro atoms. The van der Waals surface area contributed by atoms with Crippen LogP contribution in [0.1, 0.15) is 13.3 Å². The topological polar surface area (TPSA) is 80.4 Å². The number of rotatable bonds is 5. The van der Waals surface area contributed by atoms with Crippen molar-refractivity contribution in [3.63, 3.8) is 0 Å². The molecule has 0 aliphatic rings. The third-order valence-electron chi connectivity index (χ3n) is 1.97. The van der Waals surface area contributed by atoms with Gasteiger partial charge >= 0.3 is 11.7 Å². The normalized spacial score (nSPS) is 12.2. The van der Waals surface area contributed by atoms with E-state index in [4.69, 9.17) is 5.11 Å². The number of carboxylic acids is 1. The van der Waals surface area contributed by atoms with Crippen LogP contribution in [0.25, 0.3) is 0 Å². The van der Waals surface area contributed by atoms with Gasteiger partial charge in [-0.3, -0.25) is 14.9 Å². The van der Waals surface area contributed by atoms with Crippen LogP contribution in [0, 0.1) is 21.7 Å². The molecule has 0 saturated heterocycles. The SMILES string of the molecule is CC(CC(=O)O)Sc1cc(F)cc(F)c1[N+](=O)[O-]. The van der Waals surface area contributed by atoms with E-state index in [1.807, 2.05) is 0 Å². The van der Waals surface area contributed by atoms with Gasteiger partial charge in [0, 0.05) is 11.3 Å². The van der Waals surface area contributed by atoms with Gasteiger partial charge in [0.15, 0.2) is 0 Å². The maximum absolute atomic E-state index is 13.3. The van der Waals surface area contributed by atoms with E-state index >= 15 is 0 Å². The molecule has 0 heterocycles. The number of hydrogen-bond donors (Lipinski definition) is 1. The van der Waals surface area contributed by atoms with E-state index in [2.05, 4.69) is 0 Å². The third kappa shape index (κ3) is 3.66. The Morgan fingerprint density at radius 3 is 2.67 bits per heavy atom. The molecular formula is C10H9F2NO4S. The predicted octanol–water partition coefficient (Wildman–Crippen LogP) is 2.83. The summed E-state index contributed by atoms with van der Waals surface area (Å²) in [4.78, 5) is 20.0. The van der Waals surface area contributed by atoms with E-state index in [9.17, 15) is 23.7 Å². The van der Waals surface area contributed by atoms with E-state index in [0.717, 1.165) is 17.8 Å². The van der Waals surface area contributed by atoms with E-state index in [1.165, 1.54) is 6.92 Å². The molecule has 0 aliphatic carbocycles. The Labute approximate surface area is 105 Å². The zero-order valence-electron chi connectivity index (χ0n) is 9.22. The van der Waals surface area contributed by atoms with Gasteiger partial charge in [-0.15, -0.1) is 11.8 Å². The number of carboxylic acid groups (broad SMARTS) is 1. The van der Waals surface area contributed by atoms with Crippen LogP contribution in [0.5, 0.6) is 0 Å². The first-order valence-corrected chi connectivity index (χ1v) is 5.71. The molecule has 8 heteroatoms. The summed E-state index contributed by atoms with van der Waals surface area (Å²) in [5, 5.41) is 18.7. The fourth-order valence-electron chi connectivity index (χ4n) is 1.31. The van der Waals surface area contributed by atoms with Crippen molar-refractivity contribution < 1.29 is 23.6 Å². The highest BCUT2D eigenvalue weighted by Gasteiger charge is 2.24. The van der Waals surface area contributed by atoms with Crippen LogP contribution in [0.15, 0.2) is 17.0 Å². The Morgan fingerprint density at radius 2 is 2.17 bits per heavy atom. The molecule has 0 bridgehead atoms. The summed E-state index contributed by atoms with van der Waals surface area (Å²) in [5.41, 5.74) is -0.835. The molecule has 18 heavy (non-hydrogen) atoms. The lowest BCUT2D eigenvalue weighted by molar-refractivity contribution is -0.390. The minimum absolute atomic E-state index is 0.216. The second-order valence-corrected chi connectivity index (χ2v) is 5.00. The number of benzene rings is 1. The van der Waals surface area contributed by atoms with Crippen LogP contribution in [0.3, 0.4) is 0 Å². The number of nitro groups is 1. The second kappa shape index (κ2) is 5.76. The van der Waals surface area contributed by atoms with Gasteiger partial charge in [-0.1, -0.05) is 6.92 Å². The molecule has 0 radical (unpaired) electrons. The van der Waals surface area contributed by atoms with Crippen molar-refractivity contribution in [1.82, 2.24) is 0 Å². The maximum atomic E-state index is 13.3. The molecule has 1 aromatic rings. The van der Waals surface area contributed by atoms with E-state index in [-0.39, 0.29) is 11.3 Å². The summed E-state index contributed by atoms with van der Waals surface area (Å²) in [6.07, 6.45) is -0.264. The Morgan fingerprint density at radius 1 is 1.56 bits per heavy atom. The Balaban J connectivity index is 3.07. The quantitative estimate of drug-likeness (QED) is 0.508. The highest BCUT2D eigenvalue weighted by Crippen LogP contribution is 2.35. The highest BCUT2D eigenvalue weighted by molar-refractivity contribution is 8.00. The van der Waals surface area contributed by atoms with E-state index in [0.29, 0.717) is 6.07 Å². The molecule has 1 aromatic carbocycles. The van der Waals surface area contributed by atoms with Crippen molar-refractivity contribution in [2.24, 2.45) is 0 Å². The van der Waals surface area contributed by atoms with E-state index < -0.39 is 33.5 Å². The molecule has 0 aliphatic heterocycles. The first-order chi connectivity index (χ1) is 8.31. The Bertz CT molecular complexity index is 495. The summed E-state index contributed by atoms with van der Waals surface area (Å²) in [6.45, 7) is 1.51. The fourth-order valence-corrected chi connectivity index (χ4v) is 2.44. The van der Waals surface area contributed by atoms with Crippen molar-refractivity contribution in [2.75, 3.05) is 0 Å². The first-order valence-electron chi connectivity index (χ1n) is 4.83. The molecule has 5 nitrogen and oxygen atoms in total. The van der Waals surface area contributed by atoms with Crippen LogP contribution >= 0.6 is 11.8 Å². The molecule has 0 amide bonds. The van der Waals surface area contributed by atoms with Crippen LogP contribution in [0.2, 0.25) is 0 Å². The molecular weight excluding hydrogens is 268 g/mol.